The number of aryl methyl sites for hydroxylation is 1. The number of ether oxygens (including phenoxy) is 2. The van der Waals surface area contributed by atoms with Crippen LogP contribution in [-0.2, 0) is 11.2 Å². The van der Waals surface area contributed by atoms with Crippen molar-refractivity contribution < 1.29 is 9.47 Å². The van der Waals surface area contributed by atoms with E-state index in [1.54, 1.807) is 7.11 Å². The molecular weight excluding hydrogens is 228 g/mol. The Morgan fingerprint density at radius 2 is 2.11 bits per heavy atom. The van der Waals surface area contributed by atoms with E-state index in [9.17, 15) is 0 Å². The minimum atomic E-state index is 0.646. The number of rotatable bonds is 9. The summed E-state index contributed by atoms with van der Waals surface area (Å²) < 4.78 is 10.4. The van der Waals surface area contributed by atoms with Crippen LogP contribution in [0.25, 0.3) is 0 Å². The Labute approximate surface area is 109 Å². The van der Waals surface area contributed by atoms with Crippen molar-refractivity contribution in [3.05, 3.63) is 23.8 Å². The average molecular weight is 252 g/mol. The lowest BCUT2D eigenvalue weighted by Gasteiger charge is -2.09. The van der Waals surface area contributed by atoms with Gasteiger partial charge in [0.25, 0.3) is 0 Å². The molecule has 0 heterocycles. The molecule has 0 saturated carbocycles. The van der Waals surface area contributed by atoms with Crippen molar-refractivity contribution in [2.45, 2.75) is 19.8 Å². The molecule has 0 aliphatic carbocycles. The van der Waals surface area contributed by atoms with Crippen molar-refractivity contribution in [1.82, 2.24) is 5.32 Å². The number of nitrogen functional groups attached to an aromatic ring is 1. The van der Waals surface area contributed by atoms with Gasteiger partial charge in [-0.3, -0.25) is 0 Å². The van der Waals surface area contributed by atoms with E-state index < -0.39 is 0 Å². The van der Waals surface area contributed by atoms with E-state index in [2.05, 4.69) is 11.4 Å². The van der Waals surface area contributed by atoms with E-state index in [0.29, 0.717) is 6.61 Å². The third kappa shape index (κ3) is 5.38. The normalized spacial score (nSPS) is 10.6. The number of hydrogen-bond donors (Lipinski definition) is 2. The lowest BCUT2D eigenvalue weighted by Crippen LogP contribution is -2.20. The minimum Gasteiger partial charge on any atom is -0.492 e. The maximum atomic E-state index is 5.92. The molecule has 0 saturated heterocycles. The fourth-order valence-corrected chi connectivity index (χ4v) is 1.76. The van der Waals surface area contributed by atoms with Crippen LogP contribution in [0.1, 0.15) is 18.9 Å². The van der Waals surface area contributed by atoms with Gasteiger partial charge in [0.1, 0.15) is 5.75 Å². The highest BCUT2D eigenvalue weighted by Crippen LogP contribution is 2.22. The smallest absolute Gasteiger partial charge is 0.142 e. The van der Waals surface area contributed by atoms with Crippen LogP contribution in [0, 0.1) is 0 Å². The second-order valence-electron chi connectivity index (χ2n) is 4.15. The number of methoxy groups -OCH3 is 1. The van der Waals surface area contributed by atoms with Crippen LogP contribution in [0.2, 0.25) is 0 Å². The highest BCUT2D eigenvalue weighted by atomic mass is 16.5. The fourth-order valence-electron chi connectivity index (χ4n) is 1.76. The largest absolute Gasteiger partial charge is 0.492 e. The van der Waals surface area contributed by atoms with Crippen LogP contribution >= 0.6 is 0 Å². The first-order valence-electron chi connectivity index (χ1n) is 6.48. The Morgan fingerprint density at radius 1 is 1.28 bits per heavy atom. The Morgan fingerprint density at radius 3 is 2.78 bits per heavy atom. The van der Waals surface area contributed by atoms with Crippen LogP contribution < -0.4 is 15.8 Å². The number of nitrogens with two attached hydrogens (primary N) is 1. The molecule has 18 heavy (non-hydrogen) atoms. The van der Waals surface area contributed by atoms with Gasteiger partial charge in [0, 0.05) is 13.7 Å². The molecular formula is C14H24N2O2. The third-order valence-electron chi connectivity index (χ3n) is 2.68. The first-order chi connectivity index (χ1) is 8.77. The van der Waals surface area contributed by atoms with Gasteiger partial charge in [0.15, 0.2) is 0 Å². The number of anilines is 1. The minimum absolute atomic E-state index is 0.646. The summed E-state index contributed by atoms with van der Waals surface area (Å²) in [5, 5.41) is 3.32. The second-order valence-corrected chi connectivity index (χ2v) is 4.15. The van der Waals surface area contributed by atoms with Gasteiger partial charge >= 0.3 is 0 Å². The van der Waals surface area contributed by atoms with Gasteiger partial charge in [-0.25, -0.2) is 0 Å². The summed E-state index contributed by atoms with van der Waals surface area (Å²) >= 11 is 0. The van der Waals surface area contributed by atoms with Crippen molar-refractivity contribution >= 4 is 5.69 Å². The van der Waals surface area contributed by atoms with E-state index in [0.717, 1.165) is 44.0 Å². The molecule has 0 aliphatic heterocycles. The Hall–Kier alpha value is -1.26. The zero-order valence-electron chi connectivity index (χ0n) is 11.4. The molecule has 0 atom stereocenters. The van der Waals surface area contributed by atoms with Gasteiger partial charge in [0.05, 0.1) is 18.9 Å². The van der Waals surface area contributed by atoms with Crippen molar-refractivity contribution in [3.8, 4) is 5.75 Å². The van der Waals surface area contributed by atoms with Crippen LogP contribution in [0.4, 0.5) is 5.69 Å². The van der Waals surface area contributed by atoms with Gasteiger partial charge in [-0.1, -0.05) is 6.07 Å². The summed E-state index contributed by atoms with van der Waals surface area (Å²) in [6.07, 6.45) is 2.12. The predicted octanol–water partition coefficient (Wildman–Crippen LogP) is 1.84. The molecule has 0 aromatic heterocycles. The van der Waals surface area contributed by atoms with Crippen LogP contribution in [0.15, 0.2) is 18.2 Å². The molecule has 4 nitrogen and oxygen atoms in total. The first kappa shape index (κ1) is 14.8. The third-order valence-corrected chi connectivity index (χ3v) is 2.68. The molecule has 1 aromatic carbocycles. The first-order valence-corrected chi connectivity index (χ1v) is 6.48. The second kappa shape index (κ2) is 8.78. The Balaban J connectivity index is 2.28. The van der Waals surface area contributed by atoms with Crippen molar-refractivity contribution in [3.63, 3.8) is 0 Å². The Bertz CT molecular complexity index is 343. The molecule has 0 unspecified atom stereocenters. The molecule has 102 valence electrons. The van der Waals surface area contributed by atoms with Gasteiger partial charge in [0.2, 0.25) is 0 Å². The molecule has 0 bridgehead atoms. The van der Waals surface area contributed by atoms with Crippen LogP contribution in [0.3, 0.4) is 0 Å². The monoisotopic (exact) mass is 252 g/mol. The molecule has 1 aromatic rings. The fraction of sp³-hybridized carbons (Fsp3) is 0.571. The molecule has 0 spiro atoms. The van der Waals surface area contributed by atoms with E-state index in [1.807, 2.05) is 19.1 Å². The summed E-state index contributed by atoms with van der Waals surface area (Å²) in [5.41, 5.74) is 7.90. The molecule has 0 amide bonds. The molecule has 0 fully saturated rings. The topological polar surface area (TPSA) is 56.5 Å². The number of benzene rings is 1. The van der Waals surface area contributed by atoms with Crippen molar-refractivity contribution in [2.75, 3.05) is 39.1 Å². The van der Waals surface area contributed by atoms with Gasteiger partial charge < -0.3 is 20.5 Å². The molecule has 0 aliphatic rings. The van der Waals surface area contributed by atoms with Gasteiger partial charge in [-0.15, -0.1) is 0 Å². The lowest BCUT2D eigenvalue weighted by atomic mass is 10.1. The Kier molecular flexibility index (Phi) is 7.22. The average Bonchev–Trinajstić information content (AvgIpc) is 2.37. The van der Waals surface area contributed by atoms with Crippen molar-refractivity contribution in [1.29, 1.82) is 0 Å². The molecule has 0 radical (unpaired) electrons. The molecule has 3 N–H and O–H groups in total. The number of hydrogen-bond acceptors (Lipinski definition) is 4. The summed E-state index contributed by atoms with van der Waals surface area (Å²) in [6.45, 7) is 5.26. The van der Waals surface area contributed by atoms with Gasteiger partial charge in [-0.05, 0) is 44.0 Å². The van der Waals surface area contributed by atoms with E-state index in [-0.39, 0.29) is 0 Å². The summed E-state index contributed by atoms with van der Waals surface area (Å²) in [7, 11) is 1.71. The summed E-state index contributed by atoms with van der Waals surface area (Å²) in [5.74, 6) is 0.777. The zero-order chi connectivity index (χ0) is 13.2. The van der Waals surface area contributed by atoms with Crippen LogP contribution in [0.5, 0.6) is 5.75 Å². The van der Waals surface area contributed by atoms with Gasteiger partial charge in [-0.2, -0.15) is 0 Å². The maximum Gasteiger partial charge on any atom is 0.142 e. The summed E-state index contributed by atoms with van der Waals surface area (Å²) in [6, 6.07) is 6.03. The van der Waals surface area contributed by atoms with E-state index >= 15 is 0 Å². The quantitative estimate of drug-likeness (QED) is 0.520. The molecule has 1 rings (SSSR count). The lowest BCUT2D eigenvalue weighted by molar-refractivity contribution is 0.199. The van der Waals surface area contributed by atoms with E-state index in [1.165, 1.54) is 5.56 Å². The van der Waals surface area contributed by atoms with Crippen molar-refractivity contribution in [2.24, 2.45) is 0 Å². The SMILES string of the molecule is CCOc1ccc(CCCNCCOC)cc1N. The number of nitrogens with one attached hydrogen (secondary N) is 1. The molecule has 4 heteroatoms. The highest BCUT2D eigenvalue weighted by molar-refractivity contribution is 5.54. The standard InChI is InChI=1S/C14H24N2O2/c1-3-18-14-7-6-12(11-13(14)15)5-4-8-16-9-10-17-2/h6-7,11,16H,3-5,8-10,15H2,1-2H3. The maximum absolute atomic E-state index is 5.92. The summed E-state index contributed by atoms with van der Waals surface area (Å²) in [4.78, 5) is 0. The highest BCUT2D eigenvalue weighted by Gasteiger charge is 2.01. The zero-order valence-corrected chi connectivity index (χ0v) is 11.4. The predicted molar refractivity (Wildman–Crippen MR) is 75.1 cm³/mol. The van der Waals surface area contributed by atoms with E-state index in [4.69, 9.17) is 15.2 Å². The van der Waals surface area contributed by atoms with Crippen LogP contribution in [-0.4, -0.2) is 33.4 Å².